The third-order valence-electron chi connectivity index (χ3n) is 8.77. The number of hydrogen-bond acceptors (Lipinski definition) is 10. The van der Waals surface area contributed by atoms with Gasteiger partial charge in [0.05, 0.1) is 35.8 Å². The molecule has 12 nitrogen and oxygen atoms in total. The van der Waals surface area contributed by atoms with E-state index in [1.165, 1.54) is 24.1 Å². The summed E-state index contributed by atoms with van der Waals surface area (Å²) in [6, 6.07) is 9.50. The molecule has 51 heavy (non-hydrogen) atoms. The van der Waals surface area contributed by atoms with Crippen molar-refractivity contribution in [1.82, 2.24) is 29.6 Å². The number of methoxy groups -OCH3 is 1. The van der Waals surface area contributed by atoms with Crippen LogP contribution in [0.1, 0.15) is 53.4 Å². The van der Waals surface area contributed by atoms with E-state index in [0.717, 1.165) is 33.7 Å². The molecular weight excluding hydrogens is 674 g/mol. The van der Waals surface area contributed by atoms with Crippen molar-refractivity contribution in [3.8, 4) is 17.1 Å². The summed E-state index contributed by atoms with van der Waals surface area (Å²) in [5.74, 6) is -1.80. The highest BCUT2D eigenvalue weighted by Gasteiger charge is 2.39. The number of carbonyl (C=O) groups is 2. The van der Waals surface area contributed by atoms with Crippen LogP contribution in [-0.2, 0) is 40.0 Å². The second kappa shape index (κ2) is 14.0. The molecule has 0 fully saturated rings. The van der Waals surface area contributed by atoms with Crippen LogP contribution >= 0.6 is 0 Å². The Labute approximate surface area is 289 Å². The highest BCUT2D eigenvalue weighted by Crippen LogP contribution is 2.46. The van der Waals surface area contributed by atoms with Gasteiger partial charge in [0.25, 0.3) is 0 Å². The van der Waals surface area contributed by atoms with E-state index >= 15 is 4.39 Å². The fraction of sp³-hybridized carbons (Fsp3) is 0.343. The number of anilines is 1. The van der Waals surface area contributed by atoms with Crippen LogP contribution in [0.2, 0.25) is 0 Å². The zero-order valence-corrected chi connectivity index (χ0v) is 28.5. The lowest BCUT2D eigenvalue weighted by molar-refractivity contribution is -0.232. The Balaban J connectivity index is 1.59. The molecule has 4 heterocycles. The molecule has 3 aromatic heterocycles. The molecule has 1 aliphatic rings. The van der Waals surface area contributed by atoms with E-state index in [2.05, 4.69) is 20.2 Å². The van der Waals surface area contributed by atoms with Gasteiger partial charge >= 0.3 is 18.2 Å². The van der Waals surface area contributed by atoms with Crippen LogP contribution in [-0.4, -0.2) is 76.0 Å². The highest BCUT2D eigenvalue weighted by atomic mass is 19.4. The van der Waals surface area contributed by atoms with Crippen LogP contribution in [0, 0.1) is 5.82 Å². The Morgan fingerprint density at radius 1 is 1.02 bits per heavy atom. The SMILES string of the molecule is CCc1cccc(CC)c1C1c2c(n[nH]c2-c2cc3ccc(F)c(OC)c3n2C(=O)OOC(=O)CN(C)C)CCN1c1ncc(C(F)(F)F)cn1. The monoisotopic (exact) mass is 709 g/mol. The number of aromatic amines is 1. The minimum Gasteiger partial charge on any atom is -0.492 e. The maximum absolute atomic E-state index is 15.1. The maximum Gasteiger partial charge on any atom is 0.462 e. The molecular formula is C35H35F4N7O5. The number of alkyl halides is 3. The predicted octanol–water partition coefficient (Wildman–Crippen LogP) is 6.27. The first-order valence-corrected chi connectivity index (χ1v) is 16.2. The van der Waals surface area contributed by atoms with Crippen molar-refractivity contribution in [2.75, 3.05) is 39.2 Å². The lowest BCUT2D eigenvalue weighted by Gasteiger charge is -2.38. The number of aromatic nitrogens is 5. The molecule has 1 unspecified atom stereocenters. The largest absolute Gasteiger partial charge is 0.492 e. The number of H-pyrrole nitrogens is 1. The normalized spacial score (nSPS) is 14.5. The molecule has 6 rings (SSSR count). The second-order valence-electron chi connectivity index (χ2n) is 12.2. The summed E-state index contributed by atoms with van der Waals surface area (Å²) in [7, 11) is 4.51. The average Bonchev–Trinajstić information content (AvgIpc) is 3.71. The number of halogens is 4. The summed E-state index contributed by atoms with van der Waals surface area (Å²) in [5, 5.41) is 8.08. The van der Waals surface area contributed by atoms with E-state index < -0.39 is 35.7 Å². The van der Waals surface area contributed by atoms with Crippen molar-refractivity contribution >= 4 is 28.9 Å². The molecule has 0 aliphatic carbocycles. The second-order valence-corrected chi connectivity index (χ2v) is 12.2. The van der Waals surface area contributed by atoms with Crippen molar-refractivity contribution < 1.29 is 41.7 Å². The molecule has 268 valence electrons. The zero-order chi connectivity index (χ0) is 36.6. The summed E-state index contributed by atoms with van der Waals surface area (Å²) < 4.78 is 62.1. The van der Waals surface area contributed by atoms with Gasteiger partial charge in [-0.05, 0) is 61.8 Å². The van der Waals surface area contributed by atoms with Gasteiger partial charge in [-0.3, -0.25) is 10.00 Å². The smallest absolute Gasteiger partial charge is 0.462 e. The number of hydrogen-bond donors (Lipinski definition) is 1. The van der Waals surface area contributed by atoms with Crippen LogP contribution in [0.15, 0.2) is 48.8 Å². The summed E-state index contributed by atoms with van der Waals surface area (Å²) in [6.07, 6.45) is -2.69. The molecule has 2 aromatic carbocycles. The topological polar surface area (TPSA) is 128 Å². The van der Waals surface area contributed by atoms with Gasteiger partial charge in [-0.1, -0.05) is 32.0 Å². The van der Waals surface area contributed by atoms with Crippen LogP contribution < -0.4 is 9.64 Å². The van der Waals surface area contributed by atoms with Crippen molar-refractivity contribution in [2.24, 2.45) is 0 Å². The van der Waals surface area contributed by atoms with Crippen molar-refractivity contribution in [3.05, 3.63) is 88.1 Å². The van der Waals surface area contributed by atoms with E-state index in [1.54, 1.807) is 20.2 Å². The number of benzene rings is 2. The molecule has 0 radical (unpaired) electrons. The minimum atomic E-state index is -4.63. The fourth-order valence-electron chi connectivity index (χ4n) is 6.56. The Kier molecular flexibility index (Phi) is 9.71. The van der Waals surface area contributed by atoms with E-state index in [1.807, 2.05) is 36.9 Å². The summed E-state index contributed by atoms with van der Waals surface area (Å²) >= 11 is 0. The van der Waals surface area contributed by atoms with Gasteiger partial charge in [-0.25, -0.2) is 38.3 Å². The summed E-state index contributed by atoms with van der Waals surface area (Å²) in [5.41, 5.74) is 3.60. The molecule has 1 N–H and O–H groups in total. The van der Waals surface area contributed by atoms with Gasteiger partial charge in [0.15, 0.2) is 11.6 Å². The summed E-state index contributed by atoms with van der Waals surface area (Å²) in [6.45, 7) is 4.13. The molecule has 5 aromatic rings. The molecule has 0 saturated carbocycles. The molecule has 0 amide bonds. The standard InChI is InChI=1S/C35H35F4N7O5/c1-6-19-9-8-10-20(7-2)27(19)31-28-24(13-14-45(31)33-40-16-22(17-41-33)35(37,38)39)42-43-29(28)25-15-21-11-12-23(36)32(49-5)30(21)46(25)34(48)51-50-26(47)18-44(3)4/h8-12,15-17,31H,6-7,13-14,18H2,1-5H3,(H,42,43). The predicted molar refractivity (Wildman–Crippen MR) is 178 cm³/mol. The van der Waals surface area contributed by atoms with Crippen molar-refractivity contribution in [2.45, 2.75) is 45.3 Å². The molecule has 1 atom stereocenters. The summed E-state index contributed by atoms with van der Waals surface area (Å²) in [4.78, 5) is 47.6. The minimum absolute atomic E-state index is 0.00278. The van der Waals surface area contributed by atoms with Gasteiger partial charge in [-0.15, -0.1) is 0 Å². The molecule has 1 aliphatic heterocycles. The van der Waals surface area contributed by atoms with Crippen LogP contribution in [0.4, 0.5) is 28.3 Å². The first-order valence-electron chi connectivity index (χ1n) is 16.2. The van der Waals surface area contributed by atoms with Crippen LogP contribution in [0.25, 0.3) is 22.3 Å². The third kappa shape index (κ3) is 6.58. The number of nitrogens with one attached hydrogen (secondary N) is 1. The number of ether oxygens (including phenoxy) is 1. The van der Waals surface area contributed by atoms with Gasteiger partial charge < -0.3 is 9.64 Å². The van der Waals surface area contributed by atoms with Gasteiger partial charge in [0.2, 0.25) is 5.95 Å². The Bertz CT molecular complexity index is 2070. The lowest BCUT2D eigenvalue weighted by atomic mass is 9.83. The zero-order valence-electron chi connectivity index (χ0n) is 28.5. The number of fused-ring (bicyclic) bond motifs is 2. The number of nitrogens with zero attached hydrogens (tertiary/aromatic N) is 6. The first-order chi connectivity index (χ1) is 24.4. The Morgan fingerprint density at radius 2 is 1.71 bits per heavy atom. The lowest BCUT2D eigenvalue weighted by Crippen LogP contribution is -2.38. The van der Waals surface area contributed by atoms with E-state index in [0.29, 0.717) is 48.1 Å². The number of carbonyl (C=O) groups excluding carboxylic acids is 2. The van der Waals surface area contributed by atoms with Crippen molar-refractivity contribution in [3.63, 3.8) is 0 Å². The third-order valence-corrected chi connectivity index (χ3v) is 8.77. The quantitative estimate of drug-likeness (QED) is 0.112. The molecule has 0 bridgehead atoms. The molecule has 0 saturated heterocycles. The fourth-order valence-corrected chi connectivity index (χ4v) is 6.56. The average molecular weight is 710 g/mol. The van der Waals surface area contributed by atoms with Gasteiger partial charge in [0.1, 0.15) is 12.1 Å². The van der Waals surface area contributed by atoms with Crippen molar-refractivity contribution in [1.29, 1.82) is 0 Å². The molecule has 0 spiro atoms. The Morgan fingerprint density at radius 3 is 2.31 bits per heavy atom. The van der Waals surface area contributed by atoms with E-state index in [9.17, 15) is 22.8 Å². The first kappa shape index (κ1) is 35.3. The van der Waals surface area contributed by atoms with Crippen LogP contribution in [0.3, 0.4) is 0 Å². The number of likely N-dealkylation sites (N-methyl/N-ethyl adjacent to an activating group) is 1. The van der Waals surface area contributed by atoms with E-state index in [-0.39, 0.29) is 29.5 Å². The van der Waals surface area contributed by atoms with Gasteiger partial charge in [0, 0.05) is 36.3 Å². The number of rotatable bonds is 8. The maximum atomic E-state index is 15.1. The number of aryl methyl sites for hydroxylation is 2. The highest BCUT2D eigenvalue weighted by molar-refractivity contribution is 5.99. The van der Waals surface area contributed by atoms with E-state index in [4.69, 9.17) is 14.5 Å². The molecule has 16 heteroatoms. The van der Waals surface area contributed by atoms with Gasteiger partial charge in [-0.2, -0.15) is 18.3 Å². The Hall–Kier alpha value is -5.51. The van der Waals surface area contributed by atoms with Crippen LogP contribution in [0.5, 0.6) is 5.75 Å².